The maximum absolute atomic E-state index is 5.39. The van der Waals surface area contributed by atoms with Gasteiger partial charge < -0.3 is 10.1 Å². The Morgan fingerprint density at radius 1 is 1.33 bits per heavy atom. The fraction of sp³-hybridized carbons (Fsp3) is 0.625. The lowest BCUT2D eigenvalue weighted by Gasteiger charge is -2.61. The van der Waals surface area contributed by atoms with Gasteiger partial charge in [-0.2, -0.15) is 0 Å². The highest BCUT2D eigenvalue weighted by molar-refractivity contribution is 5.44. The summed E-state index contributed by atoms with van der Waals surface area (Å²) in [5, 5.41) is 3.52. The summed E-state index contributed by atoms with van der Waals surface area (Å²) in [5.41, 5.74) is 3.41. The summed E-state index contributed by atoms with van der Waals surface area (Å²) in [6.45, 7) is 4.79. The molecule has 1 aromatic rings. The minimum atomic E-state index is 0.348. The molecule has 0 aromatic heterocycles. The van der Waals surface area contributed by atoms with Crippen molar-refractivity contribution in [2.24, 2.45) is 11.3 Å². The number of benzene rings is 1. The van der Waals surface area contributed by atoms with E-state index >= 15 is 0 Å². The molecule has 0 radical (unpaired) electrons. The van der Waals surface area contributed by atoms with Crippen molar-refractivity contribution in [2.75, 3.05) is 14.2 Å². The van der Waals surface area contributed by atoms with Crippen molar-refractivity contribution < 1.29 is 4.74 Å². The van der Waals surface area contributed by atoms with Gasteiger partial charge in [0.2, 0.25) is 0 Å². The Morgan fingerprint density at radius 3 is 2.78 bits per heavy atom. The zero-order valence-corrected chi connectivity index (χ0v) is 11.8. The Kier molecular flexibility index (Phi) is 2.67. The summed E-state index contributed by atoms with van der Waals surface area (Å²) < 4.78 is 5.39. The van der Waals surface area contributed by atoms with Crippen LogP contribution in [0.4, 0.5) is 0 Å². The molecular formula is C16H23NO. The van der Waals surface area contributed by atoms with Crippen LogP contribution in [0, 0.1) is 11.3 Å². The number of methoxy groups -OCH3 is 1. The summed E-state index contributed by atoms with van der Waals surface area (Å²) >= 11 is 0. The smallest absolute Gasteiger partial charge is 0.119 e. The normalized spacial score (nSPS) is 32.1. The first-order chi connectivity index (χ1) is 8.59. The average molecular weight is 245 g/mol. The molecule has 2 aliphatic carbocycles. The van der Waals surface area contributed by atoms with Crippen LogP contribution in [-0.4, -0.2) is 20.2 Å². The zero-order valence-electron chi connectivity index (χ0n) is 11.8. The Morgan fingerprint density at radius 2 is 2.11 bits per heavy atom. The van der Waals surface area contributed by atoms with Crippen LogP contribution < -0.4 is 10.1 Å². The van der Waals surface area contributed by atoms with Gasteiger partial charge in [-0.05, 0) is 60.4 Å². The first kappa shape index (κ1) is 12.0. The van der Waals surface area contributed by atoms with E-state index in [0.717, 1.165) is 11.7 Å². The summed E-state index contributed by atoms with van der Waals surface area (Å²) in [7, 11) is 3.86. The van der Waals surface area contributed by atoms with Crippen molar-refractivity contribution in [1.82, 2.24) is 5.32 Å². The van der Waals surface area contributed by atoms with Crippen molar-refractivity contribution >= 4 is 0 Å². The van der Waals surface area contributed by atoms with Gasteiger partial charge in [0.05, 0.1) is 7.11 Å². The van der Waals surface area contributed by atoms with Crippen LogP contribution >= 0.6 is 0 Å². The van der Waals surface area contributed by atoms with Gasteiger partial charge in [0.1, 0.15) is 5.75 Å². The topological polar surface area (TPSA) is 21.3 Å². The molecule has 1 fully saturated rings. The molecule has 0 heterocycles. The molecule has 0 bridgehead atoms. The third kappa shape index (κ3) is 1.45. The van der Waals surface area contributed by atoms with E-state index in [1.165, 1.54) is 24.0 Å². The van der Waals surface area contributed by atoms with Crippen molar-refractivity contribution in [3.8, 4) is 5.75 Å². The van der Waals surface area contributed by atoms with Crippen LogP contribution in [0.25, 0.3) is 0 Å². The number of aryl methyl sites for hydroxylation is 1. The Labute approximate surface area is 110 Å². The maximum atomic E-state index is 5.39. The second kappa shape index (κ2) is 3.99. The monoisotopic (exact) mass is 245 g/mol. The molecule has 3 atom stereocenters. The van der Waals surface area contributed by atoms with E-state index in [9.17, 15) is 0 Å². The quantitative estimate of drug-likeness (QED) is 0.865. The van der Waals surface area contributed by atoms with Gasteiger partial charge in [0, 0.05) is 6.04 Å². The van der Waals surface area contributed by atoms with E-state index in [1.807, 2.05) is 0 Å². The molecule has 0 aliphatic heterocycles. The summed E-state index contributed by atoms with van der Waals surface area (Å²) in [6.07, 6.45) is 2.54. The molecule has 0 amide bonds. The molecule has 1 aromatic carbocycles. The summed E-state index contributed by atoms with van der Waals surface area (Å²) in [6, 6.07) is 7.27. The predicted molar refractivity (Wildman–Crippen MR) is 74.2 cm³/mol. The lowest BCUT2D eigenvalue weighted by atomic mass is 9.46. The van der Waals surface area contributed by atoms with E-state index in [4.69, 9.17) is 4.74 Å². The number of fused-ring (bicyclic) bond motifs is 3. The van der Waals surface area contributed by atoms with Crippen molar-refractivity contribution in [3.05, 3.63) is 29.3 Å². The van der Waals surface area contributed by atoms with E-state index in [1.54, 1.807) is 7.11 Å². The molecule has 2 heteroatoms. The number of nitrogens with one attached hydrogen (secondary N) is 1. The zero-order chi connectivity index (χ0) is 12.9. The van der Waals surface area contributed by atoms with Crippen LogP contribution in [0.15, 0.2) is 18.2 Å². The van der Waals surface area contributed by atoms with Crippen molar-refractivity contribution in [3.63, 3.8) is 0 Å². The standard InChI is InChI=1S/C16H23NO/c1-16(2)14-12(15(16)17-3)8-6-10-5-7-11(18-4)9-13(10)14/h5,7,9,12,14-15,17H,6,8H2,1-4H3. The fourth-order valence-corrected chi connectivity index (χ4v) is 4.46. The molecule has 3 rings (SSSR count). The van der Waals surface area contributed by atoms with Crippen molar-refractivity contribution in [1.29, 1.82) is 0 Å². The summed E-state index contributed by atoms with van der Waals surface area (Å²) in [4.78, 5) is 0. The van der Waals surface area contributed by atoms with Crippen LogP contribution in [0.1, 0.15) is 37.3 Å². The van der Waals surface area contributed by atoms with Gasteiger partial charge in [0.25, 0.3) is 0 Å². The van der Waals surface area contributed by atoms with E-state index in [2.05, 4.69) is 44.4 Å². The molecule has 2 nitrogen and oxygen atoms in total. The molecule has 1 N–H and O–H groups in total. The third-order valence-electron chi connectivity index (χ3n) is 5.21. The Hall–Kier alpha value is -1.02. The first-order valence-electron chi connectivity index (χ1n) is 6.93. The van der Waals surface area contributed by atoms with Gasteiger partial charge in [0.15, 0.2) is 0 Å². The van der Waals surface area contributed by atoms with E-state index in [-0.39, 0.29) is 0 Å². The van der Waals surface area contributed by atoms with Gasteiger partial charge in [-0.3, -0.25) is 0 Å². The molecule has 98 valence electrons. The van der Waals surface area contributed by atoms with Gasteiger partial charge in [-0.15, -0.1) is 0 Å². The molecule has 2 aliphatic rings. The minimum absolute atomic E-state index is 0.348. The van der Waals surface area contributed by atoms with E-state index < -0.39 is 0 Å². The number of hydrogen-bond donors (Lipinski definition) is 1. The highest BCUT2D eigenvalue weighted by atomic mass is 16.5. The predicted octanol–water partition coefficient (Wildman–Crippen LogP) is 2.97. The highest BCUT2D eigenvalue weighted by Gasteiger charge is 2.57. The highest BCUT2D eigenvalue weighted by Crippen LogP contribution is 2.60. The lowest BCUT2D eigenvalue weighted by molar-refractivity contribution is -0.0175. The molecular weight excluding hydrogens is 222 g/mol. The van der Waals surface area contributed by atoms with E-state index in [0.29, 0.717) is 17.4 Å². The third-order valence-corrected chi connectivity index (χ3v) is 5.21. The van der Waals surface area contributed by atoms with Gasteiger partial charge in [-0.1, -0.05) is 19.9 Å². The lowest BCUT2D eigenvalue weighted by Crippen LogP contribution is -2.63. The maximum Gasteiger partial charge on any atom is 0.119 e. The first-order valence-corrected chi connectivity index (χ1v) is 6.93. The largest absolute Gasteiger partial charge is 0.497 e. The van der Waals surface area contributed by atoms with Crippen LogP contribution in [0.2, 0.25) is 0 Å². The van der Waals surface area contributed by atoms with Gasteiger partial charge in [-0.25, -0.2) is 0 Å². The van der Waals surface area contributed by atoms with Crippen molar-refractivity contribution in [2.45, 2.75) is 38.6 Å². The van der Waals surface area contributed by atoms with Gasteiger partial charge >= 0.3 is 0 Å². The number of ether oxygens (including phenoxy) is 1. The molecule has 0 saturated heterocycles. The van der Waals surface area contributed by atoms with Crippen LogP contribution in [0.5, 0.6) is 5.75 Å². The molecule has 1 saturated carbocycles. The number of rotatable bonds is 2. The second-order valence-electron chi connectivity index (χ2n) is 6.33. The minimum Gasteiger partial charge on any atom is -0.497 e. The average Bonchev–Trinajstić information content (AvgIpc) is 2.36. The Balaban J connectivity index is 2.02. The summed E-state index contributed by atoms with van der Waals surface area (Å²) in [5.74, 6) is 2.48. The fourth-order valence-electron chi connectivity index (χ4n) is 4.46. The Bertz CT molecular complexity index is 466. The molecule has 3 unspecified atom stereocenters. The SMILES string of the molecule is CNC1C2CCc3ccc(OC)cc3C2C1(C)C. The molecule has 18 heavy (non-hydrogen) atoms. The number of hydrogen-bond acceptors (Lipinski definition) is 2. The van der Waals surface area contributed by atoms with Crippen LogP contribution in [-0.2, 0) is 6.42 Å². The van der Waals surface area contributed by atoms with Crippen LogP contribution in [0.3, 0.4) is 0 Å². The molecule has 0 spiro atoms. The second-order valence-corrected chi connectivity index (χ2v) is 6.33.